The van der Waals surface area contributed by atoms with Gasteiger partial charge in [0.25, 0.3) is 11.5 Å². The molecule has 0 radical (unpaired) electrons. The molecule has 0 bridgehead atoms. The van der Waals surface area contributed by atoms with Crippen molar-refractivity contribution in [1.82, 2.24) is 19.6 Å². The topological polar surface area (TPSA) is 112 Å². The number of amides is 1. The summed E-state index contributed by atoms with van der Waals surface area (Å²) in [6, 6.07) is 3.21. The molecule has 9 heteroatoms. The SMILES string of the molecule is CN(CCNC(=O)c1cnc2c(=O)[nH]ccc2c1)S(C)(=O)=O. The van der Waals surface area contributed by atoms with Gasteiger partial charge in [0.05, 0.1) is 11.8 Å². The minimum atomic E-state index is -3.27. The lowest BCUT2D eigenvalue weighted by molar-refractivity contribution is 0.0952. The van der Waals surface area contributed by atoms with Crippen molar-refractivity contribution in [1.29, 1.82) is 0 Å². The van der Waals surface area contributed by atoms with E-state index in [1.165, 1.54) is 19.4 Å². The Kier molecular flexibility index (Phi) is 4.57. The lowest BCUT2D eigenvalue weighted by Gasteiger charge is -2.14. The van der Waals surface area contributed by atoms with Gasteiger partial charge in [-0.2, -0.15) is 0 Å². The fraction of sp³-hybridized carbons (Fsp3) is 0.308. The third-order valence-corrected chi connectivity index (χ3v) is 4.47. The van der Waals surface area contributed by atoms with Gasteiger partial charge < -0.3 is 10.3 Å². The summed E-state index contributed by atoms with van der Waals surface area (Å²) in [6.45, 7) is 0.348. The number of pyridine rings is 2. The maximum absolute atomic E-state index is 12.0. The molecule has 0 fully saturated rings. The van der Waals surface area contributed by atoms with Crippen LogP contribution < -0.4 is 10.9 Å². The fourth-order valence-corrected chi connectivity index (χ4v) is 2.22. The zero-order chi connectivity index (χ0) is 16.3. The molecule has 0 atom stereocenters. The third kappa shape index (κ3) is 3.68. The first kappa shape index (κ1) is 16.1. The number of aromatic nitrogens is 2. The number of aromatic amines is 1. The quantitative estimate of drug-likeness (QED) is 0.773. The molecule has 2 aromatic rings. The molecular formula is C13H16N4O4S. The Morgan fingerprint density at radius 2 is 2.18 bits per heavy atom. The predicted molar refractivity (Wildman–Crippen MR) is 82.2 cm³/mol. The van der Waals surface area contributed by atoms with E-state index in [-0.39, 0.29) is 30.1 Å². The summed E-state index contributed by atoms with van der Waals surface area (Å²) in [5.74, 6) is -0.378. The van der Waals surface area contributed by atoms with Crippen molar-refractivity contribution in [2.45, 2.75) is 0 Å². The van der Waals surface area contributed by atoms with Gasteiger partial charge in [0.15, 0.2) is 0 Å². The van der Waals surface area contributed by atoms with Crippen LogP contribution in [0.2, 0.25) is 0 Å². The van der Waals surface area contributed by atoms with Crippen molar-refractivity contribution >= 4 is 26.8 Å². The maximum Gasteiger partial charge on any atom is 0.274 e. The standard InChI is InChI=1S/C13H16N4O4S/c1-17(22(2,20)21)6-5-15-12(18)10-7-9-3-4-14-13(19)11(9)16-8-10/h3-4,7-8H,5-6H2,1-2H3,(H,14,19)(H,15,18). The Morgan fingerprint density at radius 3 is 2.86 bits per heavy atom. The molecule has 0 spiro atoms. The maximum atomic E-state index is 12.0. The Balaban J connectivity index is 2.06. The second kappa shape index (κ2) is 6.24. The summed E-state index contributed by atoms with van der Waals surface area (Å²) < 4.78 is 23.6. The Hall–Kier alpha value is -2.26. The Bertz CT molecular complexity index is 860. The van der Waals surface area contributed by atoms with E-state index >= 15 is 0 Å². The first-order valence-corrected chi connectivity index (χ1v) is 8.31. The first-order valence-electron chi connectivity index (χ1n) is 6.46. The molecule has 0 aliphatic rings. The average Bonchev–Trinajstić information content (AvgIpc) is 2.46. The molecule has 0 aliphatic heterocycles. The highest BCUT2D eigenvalue weighted by atomic mass is 32.2. The highest BCUT2D eigenvalue weighted by molar-refractivity contribution is 7.88. The van der Waals surface area contributed by atoms with E-state index in [1.807, 2.05) is 0 Å². The van der Waals surface area contributed by atoms with E-state index in [2.05, 4.69) is 15.3 Å². The first-order chi connectivity index (χ1) is 10.3. The fourth-order valence-electron chi connectivity index (χ4n) is 1.79. The summed E-state index contributed by atoms with van der Waals surface area (Å²) in [5, 5.41) is 3.17. The van der Waals surface area contributed by atoms with E-state index in [0.29, 0.717) is 10.9 Å². The molecule has 0 aromatic carbocycles. The smallest absolute Gasteiger partial charge is 0.274 e. The van der Waals surface area contributed by atoms with Gasteiger partial charge in [-0.1, -0.05) is 0 Å². The zero-order valence-electron chi connectivity index (χ0n) is 12.2. The van der Waals surface area contributed by atoms with Crippen molar-refractivity contribution in [3.05, 3.63) is 40.4 Å². The molecule has 0 saturated carbocycles. The van der Waals surface area contributed by atoms with Crippen LogP contribution in [-0.2, 0) is 10.0 Å². The molecule has 2 heterocycles. The van der Waals surface area contributed by atoms with Crippen molar-refractivity contribution < 1.29 is 13.2 Å². The molecule has 22 heavy (non-hydrogen) atoms. The number of hydrogen-bond acceptors (Lipinski definition) is 5. The van der Waals surface area contributed by atoms with Gasteiger partial charge in [-0.15, -0.1) is 0 Å². The van der Waals surface area contributed by atoms with Gasteiger partial charge in [0.1, 0.15) is 5.52 Å². The largest absolute Gasteiger partial charge is 0.351 e. The number of carbonyl (C=O) groups excluding carboxylic acids is 1. The lowest BCUT2D eigenvalue weighted by Crippen LogP contribution is -2.35. The van der Waals surface area contributed by atoms with Crippen LogP contribution in [0.1, 0.15) is 10.4 Å². The minimum absolute atomic E-state index is 0.172. The molecule has 118 valence electrons. The molecule has 0 unspecified atom stereocenters. The Morgan fingerprint density at radius 1 is 1.45 bits per heavy atom. The molecule has 1 amide bonds. The highest BCUT2D eigenvalue weighted by Crippen LogP contribution is 2.08. The second-order valence-corrected chi connectivity index (χ2v) is 6.90. The van der Waals surface area contributed by atoms with Gasteiger partial charge in [0, 0.05) is 37.9 Å². The number of nitrogens with one attached hydrogen (secondary N) is 2. The number of likely N-dealkylation sites (N-methyl/N-ethyl adjacent to an activating group) is 1. The minimum Gasteiger partial charge on any atom is -0.351 e. The second-order valence-electron chi connectivity index (χ2n) is 4.81. The number of carbonyl (C=O) groups is 1. The molecule has 0 aliphatic carbocycles. The normalized spacial score (nSPS) is 11.8. The van der Waals surface area contributed by atoms with Crippen molar-refractivity contribution in [2.75, 3.05) is 26.4 Å². The number of nitrogens with zero attached hydrogens (tertiary/aromatic N) is 2. The van der Waals surface area contributed by atoms with Crippen molar-refractivity contribution in [3.8, 4) is 0 Å². The van der Waals surface area contributed by atoms with Crippen LogP contribution in [-0.4, -0.2) is 55.0 Å². The molecular weight excluding hydrogens is 308 g/mol. The third-order valence-electron chi connectivity index (χ3n) is 3.15. The van der Waals surface area contributed by atoms with E-state index in [4.69, 9.17) is 0 Å². The number of fused-ring (bicyclic) bond motifs is 1. The number of hydrogen-bond donors (Lipinski definition) is 2. The van der Waals surface area contributed by atoms with Crippen molar-refractivity contribution in [3.63, 3.8) is 0 Å². The van der Waals surface area contributed by atoms with Crippen LogP contribution in [0.4, 0.5) is 0 Å². The molecule has 2 N–H and O–H groups in total. The molecule has 8 nitrogen and oxygen atoms in total. The molecule has 0 saturated heterocycles. The van der Waals surface area contributed by atoms with Gasteiger partial charge in [-0.3, -0.25) is 9.59 Å². The monoisotopic (exact) mass is 324 g/mol. The summed E-state index contributed by atoms with van der Waals surface area (Å²) in [4.78, 5) is 30.0. The lowest BCUT2D eigenvalue weighted by atomic mass is 10.2. The van der Waals surface area contributed by atoms with Crippen molar-refractivity contribution in [2.24, 2.45) is 0 Å². The average molecular weight is 324 g/mol. The van der Waals surface area contributed by atoms with E-state index < -0.39 is 10.0 Å². The zero-order valence-corrected chi connectivity index (χ0v) is 13.0. The summed E-state index contributed by atoms with van der Waals surface area (Å²) in [7, 11) is -1.83. The van der Waals surface area contributed by atoms with Crippen LogP contribution in [0.5, 0.6) is 0 Å². The number of H-pyrrole nitrogens is 1. The predicted octanol–water partition coefficient (Wildman–Crippen LogP) is -0.456. The molecule has 2 rings (SSSR count). The van der Waals surface area contributed by atoms with Crippen LogP contribution >= 0.6 is 0 Å². The highest BCUT2D eigenvalue weighted by Gasteiger charge is 2.12. The number of rotatable bonds is 5. The van der Waals surface area contributed by atoms with Gasteiger partial charge in [0.2, 0.25) is 10.0 Å². The summed E-state index contributed by atoms with van der Waals surface area (Å²) in [5.41, 5.74) is 0.246. The van der Waals surface area contributed by atoms with E-state index in [1.54, 1.807) is 12.1 Å². The van der Waals surface area contributed by atoms with Gasteiger partial charge in [-0.05, 0) is 12.1 Å². The van der Waals surface area contributed by atoms with Gasteiger partial charge >= 0.3 is 0 Å². The van der Waals surface area contributed by atoms with Crippen LogP contribution in [0.25, 0.3) is 10.9 Å². The molecule has 2 aromatic heterocycles. The summed E-state index contributed by atoms with van der Waals surface area (Å²) in [6.07, 6.45) is 3.89. The summed E-state index contributed by atoms with van der Waals surface area (Å²) >= 11 is 0. The van der Waals surface area contributed by atoms with Crippen LogP contribution in [0, 0.1) is 0 Å². The Labute approximate surface area is 127 Å². The van der Waals surface area contributed by atoms with E-state index in [0.717, 1.165) is 10.6 Å². The number of sulfonamides is 1. The van der Waals surface area contributed by atoms with Crippen LogP contribution in [0.3, 0.4) is 0 Å². The van der Waals surface area contributed by atoms with Crippen LogP contribution in [0.15, 0.2) is 29.3 Å². The van der Waals surface area contributed by atoms with Gasteiger partial charge in [-0.25, -0.2) is 17.7 Å². The van der Waals surface area contributed by atoms with E-state index in [9.17, 15) is 18.0 Å².